The van der Waals surface area contributed by atoms with Crippen molar-refractivity contribution in [3.63, 3.8) is 0 Å². The Hall–Kier alpha value is -2.63. The van der Waals surface area contributed by atoms with E-state index in [4.69, 9.17) is 0 Å². The van der Waals surface area contributed by atoms with E-state index in [1.165, 1.54) is 0 Å². The van der Waals surface area contributed by atoms with Gasteiger partial charge in [-0.2, -0.15) is 5.10 Å². The van der Waals surface area contributed by atoms with Gasteiger partial charge in [0.1, 0.15) is 5.82 Å². The van der Waals surface area contributed by atoms with Gasteiger partial charge in [0.2, 0.25) is 0 Å². The van der Waals surface area contributed by atoms with Crippen LogP contribution in [-0.4, -0.2) is 27.2 Å². The molecule has 0 saturated heterocycles. The first-order valence-electron chi connectivity index (χ1n) is 6.62. The Morgan fingerprint density at radius 3 is 2.43 bits per heavy atom. The highest BCUT2D eigenvalue weighted by Gasteiger charge is 2.22. The smallest absolute Gasteiger partial charge is 0.336 e. The Morgan fingerprint density at radius 2 is 1.86 bits per heavy atom. The van der Waals surface area contributed by atoms with Crippen molar-refractivity contribution in [2.24, 2.45) is 0 Å². The van der Waals surface area contributed by atoms with E-state index in [9.17, 15) is 14.7 Å². The van der Waals surface area contributed by atoms with Gasteiger partial charge >= 0.3 is 5.97 Å². The molecule has 1 aromatic carbocycles. The molecular weight excluding hydrogens is 270 g/mol. The average Bonchev–Trinajstić information content (AvgIpc) is 2.87. The highest BCUT2D eigenvalue weighted by Crippen LogP contribution is 2.21. The summed E-state index contributed by atoms with van der Waals surface area (Å²) in [5, 5.41) is 18.6. The topological polar surface area (TPSA) is 95.1 Å². The number of aromatic nitrogens is 2. The molecule has 2 rings (SSSR count). The highest BCUT2D eigenvalue weighted by molar-refractivity contribution is 6.12. The molecular formula is C15H17N3O3. The SMILES string of the molecule is CCc1cn[nH]c1NC(=O)c1c(C)ccc(C)c1C(=O)O. The van der Waals surface area contributed by atoms with Gasteiger partial charge in [-0.1, -0.05) is 19.1 Å². The predicted octanol–water partition coefficient (Wildman–Crippen LogP) is 2.54. The number of aromatic amines is 1. The zero-order valence-electron chi connectivity index (χ0n) is 12.2. The van der Waals surface area contributed by atoms with Gasteiger partial charge in [-0.3, -0.25) is 9.89 Å². The van der Waals surface area contributed by atoms with Crippen LogP contribution in [0.5, 0.6) is 0 Å². The van der Waals surface area contributed by atoms with Crippen LogP contribution >= 0.6 is 0 Å². The third kappa shape index (κ3) is 2.79. The molecule has 0 aliphatic carbocycles. The lowest BCUT2D eigenvalue weighted by Crippen LogP contribution is -2.20. The van der Waals surface area contributed by atoms with Crippen molar-refractivity contribution in [1.29, 1.82) is 0 Å². The molecule has 0 saturated carbocycles. The van der Waals surface area contributed by atoms with E-state index in [0.29, 0.717) is 23.4 Å². The molecule has 0 aliphatic rings. The minimum Gasteiger partial charge on any atom is -0.478 e. The number of nitrogens with zero attached hydrogens (tertiary/aromatic N) is 1. The van der Waals surface area contributed by atoms with Crippen LogP contribution in [0.25, 0.3) is 0 Å². The third-order valence-electron chi connectivity index (χ3n) is 3.40. The second kappa shape index (κ2) is 5.78. The van der Waals surface area contributed by atoms with Crippen LogP contribution < -0.4 is 5.32 Å². The van der Waals surface area contributed by atoms with Crippen molar-refractivity contribution in [1.82, 2.24) is 10.2 Å². The molecule has 6 nitrogen and oxygen atoms in total. The van der Waals surface area contributed by atoms with Gasteiger partial charge in [0.15, 0.2) is 0 Å². The lowest BCUT2D eigenvalue weighted by Gasteiger charge is -2.12. The molecule has 2 aromatic rings. The maximum Gasteiger partial charge on any atom is 0.336 e. The zero-order chi connectivity index (χ0) is 15.6. The number of hydrogen-bond acceptors (Lipinski definition) is 3. The minimum absolute atomic E-state index is 0.0325. The molecule has 0 bridgehead atoms. The van der Waals surface area contributed by atoms with Crippen molar-refractivity contribution in [3.8, 4) is 0 Å². The Bertz CT molecular complexity index is 704. The predicted molar refractivity (Wildman–Crippen MR) is 78.8 cm³/mol. The summed E-state index contributed by atoms with van der Waals surface area (Å²) in [5.74, 6) is -1.06. The van der Waals surface area contributed by atoms with Crippen LogP contribution in [0.15, 0.2) is 18.3 Å². The van der Waals surface area contributed by atoms with Gasteiger partial charge in [-0.05, 0) is 31.4 Å². The second-order valence-electron chi connectivity index (χ2n) is 4.83. The van der Waals surface area contributed by atoms with Crippen molar-refractivity contribution in [3.05, 3.63) is 46.1 Å². The van der Waals surface area contributed by atoms with Gasteiger partial charge in [-0.15, -0.1) is 0 Å². The number of aromatic carboxylic acids is 1. The summed E-state index contributed by atoms with van der Waals surface area (Å²) in [6.45, 7) is 5.34. The van der Waals surface area contributed by atoms with Crippen LogP contribution in [0.4, 0.5) is 5.82 Å². The second-order valence-corrected chi connectivity index (χ2v) is 4.83. The quantitative estimate of drug-likeness (QED) is 0.805. The number of nitrogens with one attached hydrogen (secondary N) is 2. The standard InChI is InChI=1S/C15H17N3O3/c1-4-10-7-16-18-13(10)17-14(19)11-8(2)5-6-9(3)12(11)15(20)21/h5-7H,4H2,1-3H3,(H,20,21)(H2,16,17,18,19). The molecule has 0 aliphatic heterocycles. The Kier molecular flexibility index (Phi) is 4.07. The van der Waals surface area contributed by atoms with E-state index < -0.39 is 11.9 Å². The van der Waals surface area contributed by atoms with Crippen molar-refractivity contribution >= 4 is 17.7 Å². The number of carbonyl (C=O) groups excluding carboxylic acids is 1. The van der Waals surface area contributed by atoms with Crippen LogP contribution in [0, 0.1) is 13.8 Å². The van der Waals surface area contributed by atoms with Gasteiger partial charge in [0.25, 0.3) is 5.91 Å². The molecule has 110 valence electrons. The van der Waals surface area contributed by atoms with Gasteiger partial charge in [-0.25, -0.2) is 4.79 Å². The summed E-state index contributed by atoms with van der Waals surface area (Å²) in [5.41, 5.74) is 2.25. The fourth-order valence-corrected chi connectivity index (χ4v) is 2.24. The van der Waals surface area contributed by atoms with Crippen LogP contribution in [0.2, 0.25) is 0 Å². The summed E-state index contributed by atoms with van der Waals surface area (Å²) >= 11 is 0. The largest absolute Gasteiger partial charge is 0.478 e. The molecule has 0 spiro atoms. The van der Waals surface area contributed by atoms with Crippen LogP contribution in [0.3, 0.4) is 0 Å². The molecule has 3 N–H and O–H groups in total. The Balaban J connectivity index is 2.44. The van der Waals surface area contributed by atoms with E-state index in [0.717, 1.165) is 5.56 Å². The van der Waals surface area contributed by atoms with Gasteiger partial charge < -0.3 is 10.4 Å². The number of carboxylic acid groups (broad SMARTS) is 1. The van der Waals surface area contributed by atoms with E-state index in [1.807, 2.05) is 6.92 Å². The monoisotopic (exact) mass is 287 g/mol. The lowest BCUT2D eigenvalue weighted by atomic mass is 9.96. The highest BCUT2D eigenvalue weighted by atomic mass is 16.4. The lowest BCUT2D eigenvalue weighted by molar-refractivity contribution is 0.0691. The number of carbonyl (C=O) groups is 2. The summed E-state index contributed by atoms with van der Waals surface area (Å²) < 4.78 is 0. The molecule has 1 amide bonds. The Morgan fingerprint density at radius 1 is 1.24 bits per heavy atom. The van der Waals surface area contributed by atoms with E-state index in [-0.39, 0.29) is 11.1 Å². The fraction of sp³-hybridized carbons (Fsp3) is 0.267. The maximum atomic E-state index is 12.5. The van der Waals surface area contributed by atoms with E-state index >= 15 is 0 Å². The molecule has 6 heteroatoms. The first kappa shape index (κ1) is 14.8. The van der Waals surface area contributed by atoms with Crippen LogP contribution in [0.1, 0.15) is 44.3 Å². The summed E-state index contributed by atoms with van der Waals surface area (Å²) in [7, 11) is 0. The van der Waals surface area contributed by atoms with Crippen molar-refractivity contribution < 1.29 is 14.7 Å². The molecule has 0 radical (unpaired) electrons. The zero-order valence-corrected chi connectivity index (χ0v) is 12.2. The fourth-order valence-electron chi connectivity index (χ4n) is 2.24. The number of aryl methyl sites for hydroxylation is 3. The van der Waals surface area contributed by atoms with Gasteiger partial charge in [0.05, 0.1) is 17.3 Å². The summed E-state index contributed by atoms with van der Waals surface area (Å²) in [6.07, 6.45) is 2.35. The average molecular weight is 287 g/mol. The first-order valence-corrected chi connectivity index (χ1v) is 6.62. The van der Waals surface area contributed by atoms with Gasteiger partial charge in [0, 0.05) is 5.56 Å². The number of benzene rings is 1. The maximum absolute atomic E-state index is 12.5. The molecule has 0 fully saturated rings. The number of H-pyrrole nitrogens is 1. The van der Waals surface area contributed by atoms with E-state index in [1.54, 1.807) is 32.2 Å². The molecule has 0 atom stereocenters. The Labute approximate surface area is 122 Å². The number of amides is 1. The summed E-state index contributed by atoms with van der Waals surface area (Å²) in [4.78, 5) is 23.9. The molecule has 1 heterocycles. The summed E-state index contributed by atoms with van der Waals surface area (Å²) in [6, 6.07) is 3.44. The normalized spacial score (nSPS) is 10.4. The molecule has 1 aromatic heterocycles. The van der Waals surface area contributed by atoms with Crippen molar-refractivity contribution in [2.45, 2.75) is 27.2 Å². The molecule has 0 unspecified atom stereocenters. The third-order valence-corrected chi connectivity index (χ3v) is 3.40. The van der Waals surface area contributed by atoms with Crippen molar-refractivity contribution in [2.75, 3.05) is 5.32 Å². The molecule has 21 heavy (non-hydrogen) atoms. The number of rotatable bonds is 4. The number of hydrogen-bond donors (Lipinski definition) is 3. The number of anilines is 1. The van der Waals surface area contributed by atoms with E-state index in [2.05, 4.69) is 15.5 Å². The number of carboxylic acids is 1. The first-order chi connectivity index (χ1) is 9.95. The van der Waals surface area contributed by atoms with Crippen LogP contribution in [-0.2, 0) is 6.42 Å². The minimum atomic E-state index is -1.11.